The van der Waals surface area contributed by atoms with Crippen LogP contribution in [0.1, 0.15) is 41.0 Å². The van der Waals surface area contributed by atoms with Crippen molar-refractivity contribution in [2.45, 2.75) is 47.1 Å². The van der Waals surface area contributed by atoms with Gasteiger partial charge in [0.15, 0.2) is 0 Å². The van der Waals surface area contributed by atoms with Crippen LogP contribution in [0.25, 0.3) is 0 Å². The van der Waals surface area contributed by atoms with Gasteiger partial charge in [-0.1, -0.05) is 20.8 Å². The van der Waals surface area contributed by atoms with E-state index in [9.17, 15) is 0 Å². The minimum absolute atomic E-state index is 0.161. The van der Waals surface area contributed by atoms with Crippen molar-refractivity contribution in [2.24, 2.45) is 5.41 Å². The van der Waals surface area contributed by atoms with E-state index >= 15 is 0 Å². The lowest BCUT2D eigenvalue weighted by Gasteiger charge is -2.19. The van der Waals surface area contributed by atoms with Crippen molar-refractivity contribution in [1.82, 2.24) is 0 Å². The van der Waals surface area contributed by atoms with Gasteiger partial charge in [0.25, 0.3) is 0 Å². The third-order valence-electron chi connectivity index (χ3n) is 2.50. The molecule has 0 aromatic heterocycles. The fourth-order valence-electron chi connectivity index (χ4n) is 1.65. The van der Waals surface area contributed by atoms with Crippen LogP contribution in [-0.4, -0.2) is 12.6 Å². The van der Waals surface area contributed by atoms with Crippen molar-refractivity contribution in [2.75, 3.05) is 17.6 Å². The predicted molar refractivity (Wildman–Crippen MR) is 79.2 cm³/mol. The molecule has 3 N–H and O–H groups in total. The van der Waals surface area contributed by atoms with E-state index in [2.05, 4.69) is 26.1 Å². The Bertz CT molecular complexity index is 381. The molecule has 0 unspecified atom stereocenters. The summed E-state index contributed by atoms with van der Waals surface area (Å²) in [5, 5.41) is 3.40. The molecule has 0 heterocycles. The van der Waals surface area contributed by atoms with Gasteiger partial charge in [-0.25, -0.2) is 0 Å². The number of anilines is 2. The Labute approximate surface area is 111 Å². The average molecular weight is 250 g/mol. The Kier molecular flexibility index (Phi) is 4.88. The summed E-state index contributed by atoms with van der Waals surface area (Å²) >= 11 is 0. The van der Waals surface area contributed by atoms with Gasteiger partial charge in [-0.15, -0.1) is 0 Å². The molecule has 0 radical (unpaired) electrons. The number of ether oxygens (including phenoxy) is 1. The van der Waals surface area contributed by atoms with Crippen molar-refractivity contribution in [1.29, 1.82) is 0 Å². The van der Waals surface area contributed by atoms with E-state index in [1.165, 1.54) is 0 Å². The zero-order chi connectivity index (χ0) is 13.8. The van der Waals surface area contributed by atoms with Crippen LogP contribution in [0.5, 0.6) is 5.75 Å². The molecule has 0 aliphatic carbocycles. The molecular formula is C15H26N2O. The van der Waals surface area contributed by atoms with Crippen LogP contribution in [0.15, 0.2) is 18.2 Å². The van der Waals surface area contributed by atoms with Crippen molar-refractivity contribution < 1.29 is 4.74 Å². The molecule has 0 saturated carbocycles. The third kappa shape index (κ3) is 5.80. The smallest absolute Gasteiger partial charge is 0.123 e. The van der Waals surface area contributed by atoms with Crippen LogP contribution in [0.4, 0.5) is 11.4 Å². The summed E-state index contributed by atoms with van der Waals surface area (Å²) < 4.78 is 5.66. The zero-order valence-electron chi connectivity index (χ0n) is 12.2. The molecule has 102 valence electrons. The van der Waals surface area contributed by atoms with Crippen LogP contribution in [-0.2, 0) is 0 Å². The van der Waals surface area contributed by atoms with Crippen molar-refractivity contribution in [3.05, 3.63) is 18.2 Å². The van der Waals surface area contributed by atoms with Gasteiger partial charge >= 0.3 is 0 Å². The van der Waals surface area contributed by atoms with Crippen molar-refractivity contribution in [3.8, 4) is 5.75 Å². The molecule has 0 aliphatic rings. The molecule has 0 fully saturated rings. The second kappa shape index (κ2) is 5.98. The topological polar surface area (TPSA) is 47.3 Å². The van der Waals surface area contributed by atoms with Crippen LogP contribution < -0.4 is 15.8 Å². The number of benzene rings is 1. The average Bonchev–Trinajstić information content (AvgIpc) is 2.12. The molecule has 1 aromatic rings. The predicted octanol–water partition coefficient (Wildman–Crippen LogP) is 3.90. The molecule has 0 atom stereocenters. The van der Waals surface area contributed by atoms with Crippen molar-refractivity contribution >= 4 is 11.4 Å². The molecule has 0 aliphatic heterocycles. The number of nitrogens with one attached hydrogen (secondary N) is 1. The summed E-state index contributed by atoms with van der Waals surface area (Å²) in [7, 11) is 0. The second-order valence-electron chi connectivity index (χ2n) is 6.19. The van der Waals surface area contributed by atoms with E-state index in [1.807, 2.05) is 32.0 Å². The number of nitrogens with two attached hydrogens (primary N) is 1. The molecule has 3 nitrogen and oxygen atoms in total. The van der Waals surface area contributed by atoms with Crippen LogP contribution in [0.2, 0.25) is 0 Å². The highest BCUT2D eigenvalue weighted by Gasteiger charge is 2.09. The molecule has 18 heavy (non-hydrogen) atoms. The van der Waals surface area contributed by atoms with E-state index in [4.69, 9.17) is 10.5 Å². The highest BCUT2D eigenvalue weighted by atomic mass is 16.5. The first-order chi connectivity index (χ1) is 8.26. The Morgan fingerprint density at radius 1 is 1.22 bits per heavy atom. The Morgan fingerprint density at radius 2 is 1.89 bits per heavy atom. The molecule has 0 saturated heterocycles. The summed E-state index contributed by atoms with van der Waals surface area (Å²) in [6.07, 6.45) is 1.27. The van der Waals surface area contributed by atoms with E-state index in [0.717, 1.165) is 30.1 Å². The van der Waals surface area contributed by atoms with E-state index < -0.39 is 0 Å². The maximum atomic E-state index is 5.87. The number of hydrogen-bond donors (Lipinski definition) is 2. The normalized spacial score (nSPS) is 11.7. The minimum atomic E-state index is 0.161. The maximum absolute atomic E-state index is 5.87. The summed E-state index contributed by atoms with van der Waals surface area (Å²) in [6.45, 7) is 11.7. The largest absolute Gasteiger partial charge is 0.491 e. The monoisotopic (exact) mass is 250 g/mol. The third-order valence-corrected chi connectivity index (χ3v) is 2.50. The highest BCUT2D eigenvalue weighted by molar-refractivity contribution is 5.59. The lowest BCUT2D eigenvalue weighted by Crippen LogP contribution is -2.13. The fourth-order valence-corrected chi connectivity index (χ4v) is 1.65. The maximum Gasteiger partial charge on any atom is 0.123 e. The van der Waals surface area contributed by atoms with E-state index in [0.29, 0.717) is 5.41 Å². The van der Waals surface area contributed by atoms with Gasteiger partial charge in [0.1, 0.15) is 5.75 Å². The molecule has 1 aromatic carbocycles. The van der Waals surface area contributed by atoms with Gasteiger partial charge in [0, 0.05) is 30.1 Å². The zero-order valence-corrected chi connectivity index (χ0v) is 12.2. The van der Waals surface area contributed by atoms with E-state index in [1.54, 1.807) is 0 Å². The molecular weight excluding hydrogens is 224 g/mol. The molecule has 0 bridgehead atoms. The van der Waals surface area contributed by atoms with Gasteiger partial charge in [-0.3, -0.25) is 0 Å². The fraction of sp³-hybridized carbons (Fsp3) is 0.600. The summed E-state index contributed by atoms with van der Waals surface area (Å²) in [5.74, 6) is 0.822. The number of nitrogen functional groups attached to an aromatic ring is 1. The first-order valence-corrected chi connectivity index (χ1v) is 6.57. The number of rotatable bonds is 5. The first kappa shape index (κ1) is 14.7. The molecule has 1 rings (SSSR count). The standard InChI is InChI=1S/C15H26N2O/c1-11(2)18-14-9-12(16)8-13(10-14)17-7-6-15(3,4)5/h8-11,17H,6-7,16H2,1-5H3. The SMILES string of the molecule is CC(C)Oc1cc(N)cc(NCCC(C)(C)C)c1. The van der Waals surface area contributed by atoms with Gasteiger partial charge in [-0.2, -0.15) is 0 Å². The Hall–Kier alpha value is -1.38. The lowest BCUT2D eigenvalue weighted by molar-refractivity contribution is 0.242. The van der Waals surface area contributed by atoms with Gasteiger partial charge < -0.3 is 15.8 Å². The van der Waals surface area contributed by atoms with Crippen LogP contribution in [0, 0.1) is 5.41 Å². The van der Waals surface area contributed by atoms with Crippen LogP contribution in [0.3, 0.4) is 0 Å². The molecule has 0 amide bonds. The quantitative estimate of drug-likeness (QED) is 0.779. The summed E-state index contributed by atoms with van der Waals surface area (Å²) in [4.78, 5) is 0. The molecule has 0 spiro atoms. The van der Waals surface area contributed by atoms with Crippen LogP contribution >= 0.6 is 0 Å². The molecule has 3 heteroatoms. The Morgan fingerprint density at radius 3 is 2.44 bits per heavy atom. The van der Waals surface area contributed by atoms with Gasteiger partial charge in [0.05, 0.1) is 6.10 Å². The van der Waals surface area contributed by atoms with E-state index in [-0.39, 0.29) is 6.10 Å². The highest BCUT2D eigenvalue weighted by Crippen LogP contribution is 2.24. The Balaban J connectivity index is 2.62. The van der Waals surface area contributed by atoms with Crippen molar-refractivity contribution in [3.63, 3.8) is 0 Å². The van der Waals surface area contributed by atoms with Gasteiger partial charge in [-0.05, 0) is 31.7 Å². The minimum Gasteiger partial charge on any atom is -0.491 e. The van der Waals surface area contributed by atoms with Gasteiger partial charge in [0.2, 0.25) is 0 Å². The summed E-state index contributed by atoms with van der Waals surface area (Å²) in [5.41, 5.74) is 7.96. The number of hydrogen-bond acceptors (Lipinski definition) is 3. The first-order valence-electron chi connectivity index (χ1n) is 6.57. The lowest BCUT2D eigenvalue weighted by atomic mass is 9.92. The summed E-state index contributed by atoms with van der Waals surface area (Å²) in [6, 6.07) is 5.80. The second-order valence-corrected chi connectivity index (χ2v) is 6.19.